The fourth-order valence-electron chi connectivity index (χ4n) is 3.53. The minimum absolute atomic E-state index is 0.297. The van der Waals surface area contributed by atoms with Gasteiger partial charge in [-0.2, -0.15) is 5.11 Å². The lowest BCUT2D eigenvalue weighted by atomic mass is 10.1. The molecule has 0 aliphatic carbocycles. The number of benzene rings is 2. The van der Waals surface area contributed by atoms with Crippen molar-refractivity contribution in [2.24, 2.45) is 10.3 Å². The molecule has 2 aliphatic heterocycles. The van der Waals surface area contributed by atoms with Gasteiger partial charge in [0.1, 0.15) is 5.75 Å². The van der Waals surface area contributed by atoms with E-state index in [-0.39, 0.29) is 11.8 Å². The summed E-state index contributed by atoms with van der Waals surface area (Å²) in [5.74, 6) is 0.0588. The highest BCUT2D eigenvalue weighted by Crippen LogP contribution is 2.33. The Balaban J connectivity index is 1.53. The van der Waals surface area contributed by atoms with Crippen LogP contribution in [0.3, 0.4) is 0 Å². The van der Waals surface area contributed by atoms with E-state index >= 15 is 0 Å². The number of ether oxygens (including phenoxy) is 1. The molecule has 0 bridgehead atoms. The molecular formula is C21H22N4O3. The summed E-state index contributed by atoms with van der Waals surface area (Å²) in [5, 5.41) is 9.78. The van der Waals surface area contributed by atoms with Gasteiger partial charge in [-0.05, 0) is 48.7 Å². The Morgan fingerprint density at radius 2 is 1.61 bits per heavy atom. The van der Waals surface area contributed by atoms with Crippen molar-refractivity contribution >= 4 is 17.5 Å². The molecule has 0 spiro atoms. The average molecular weight is 378 g/mol. The van der Waals surface area contributed by atoms with E-state index in [4.69, 9.17) is 4.74 Å². The molecule has 2 atom stereocenters. The molecule has 4 rings (SSSR count). The molecule has 2 heterocycles. The van der Waals surface area contributed by atoms with Crippen LogP contribution >= 0.6 is 0 Å². The number of rotatable bonds is 6. The largest absolute Gasteiger partial charge is 0.494 e. The monoisotopic (exact) mass is 378 g/mol. The normalized spacial score (nSPS) is 20.8. The number of imide groups is 1. The minimum atomic E-state index is -0.783. The Labute approximate surface area is 163 Å². The molecule has 1 fully saturated rings. The van der Waals surface area contributed by atoms with Crippen molar-refractivity contribution in [2.45, 2.75) is 38.9 Å². The molecule has 0 saturated carbocycles. The first-order valence-electron chi connectivity index (χ1n) is 9.48. The second-order valence-corrected chi connectivity index (χ2v) is 6.80. The maximum absolute atomic E-state index is 13.0. The topological polar surface area (TPSA) is 74.6 Å². The number of nitrogens with zero attached hydrogens (tertiary/aromatic N) is 4. The predicted octanol–water partition coefficient (Wildman–Crippen LogP) is 3.14. The van der Waals surface area contributed by atoms with E-state index in [9.17, 15) is 9.59 Å². The summed E-state index contributed by atoms with van der Waals surface area (Å²) >= 11 is 0. The van der Waals surface area contributed by atoms with Gasteiger partial charge in [0.2, 0.25) is 0 Å². The standard InChI is InChI=1S/C21H22N4O3/c1-3-14-5-7-15(8-6-14)13-24-19-18(22-23-24)20(26)25(21(19)27)16-9-11-17(12-10-16)28-4-2/h5-12,18-19H,3-4,13H2,1-2H3. The van der Waals surface area contributed by atoms with Crippen molar-refractivity contribution in [3.8, 4) is 5.75 Å². The van der Waals surface area contributed by atoms with Gasteiger partial charge >= 0.3 is 0 Å². The van der Waals surface area contributed by atoms with Crippen LogP contribution in [0.2, 0.25) is 0 Å². The zero-order chi connectivity index (χ0) is 19.7. The molecule has 2 aromatic carbocycles. The van der Waals surface area contributed by atoms with Gasteiger partial charge in [0.05, 0.1) is 18.8 Å². The fourth-order valence-corrected chi connectivity index (χ4v) is 3.53. The lowest BCUT2D eigenvalue weighted by Crippen LogP contribution is -2.39. The van der Waals surface area contributed by atoms with Crippen molar-refractivity contribution < 1.29 is 14.3 Å². The van der Waals surface area contributed by atoms with Crippen molar-refractivity contribution in [1.29, 1.82) is 0 Å². The second-order valence-electron chi connectivity index (χ2n) is 6.80. The first-order chi connectivity index (χ1) is 13.6. The zero-order valence-corrected chi connectivity index (χ0v) is 15.9. The van der Waals surface area contributed by atoms with Gasteiger partial charge in [-0.15, -0.1) is 0 Å². The third kappa shape index (κ3) is 3.13. The van der Waals surface area contributed by atoms with E-state index in [0.717, 1.165) is 12.0 Å². The summed E-state index contributed by atoms with van der Waals surface area (Å²) in [7, 11) is 0. The summed E-state index contributed by atoms with van der Waals surface area (Å²) in [6, 6.07) is 13.6. The third-order valence-electron chi connectivity index (χ3n) is 5.04. The highest BCUT2D eigenvalue weighted by Gasteiger charge is 2.54. The number of aryl methyl sites for hydroxylation is 1. The smallest absolute Gasteiger partial charge is 0.263 e. The van der Waals surface area contributed by atoms with Crippen molar-refractivity contribution in [3.63, 3.8) is 0 Å². The molecule has 0 N–H and O–H groups in total. The highest BCUT2D eigenvalue weighted by molar-refractivity contribution is 6.25. The Morgan fingerprint density at radius 1 is 0.929 bits per heavy atom. The van der Waals surface area contributed by atoms with E-state index in [1.807, 2.05) is 19.1 Å². The molecule has 7 heteroatoms. The van der Waals surface area contributed by atoms with Crippen LogP contribution < -0.4 is 9.64 Å². The molecule has 28 heavy (non-hydrogen) atoms. The van der Waals surface area contributed by atoms with Gasteiger partial charge < -0.3 is 4.74 Å². The quantitative estimate of drug-likeness (QED) is 0.724. The number of hydrogen-bond donors (Lipinski definition) is 0. The van der Waals surface area contributed by atoms with E-state index < -0.39 is 12.1 Å². The first-order valence-corrected chi connectivity index (χ1v) is 9.48. The molecule has 2 aliphatic rings. The van der Waals surface area contributed by atoms with Crippen LogP contribution in [0.1, 0.15) is 25.0 Å². The molecule has 144 valence electrons. The SMILES string of the molecule is CCOc1ccc(N2C(=O)C3N=NN(Cc4ccc(CC)cc4)C3C2=O)cc1. The predicted molar refractivity (Wildman–Crippen MR) is 104 cm³/mol. The zero-order valence-electron chi connectivity index (χ0n) is 15.9. The van der Waals surface area contributed by atoms with Gasteiger partial charge in [-0.3, -0.25) is 14.6 Å². The molecule has 0 radical (unpaired) electrons. The summed E-state index contributed by atoms with van der Waals surface area (Å²) in [5.41, 5.74) is 2.80. The molecule has 2 aromatic rings. The second kappa shape index (κ2) is 7.42. The van der Waals surface area contributed by atoms with Crippen LogP contribution in [0.5, 0.6) is 5.75 Å². The van der Waals surface area contributed by atoms with Crippen LogP contribution in [0, 0.1) is 0 Å². The van der Waals surface area contributed by atoms with E-state index in [1.165, 1.54) is 10.5 Å². The van der Waals surface area contributed by atoms with Crippen molar-refractivity contribution in [3.05, 3.63) is 59.7 Å². The molecule has 7 nitrogen and oxygen atoms in total. The molecule has 2 amide bonds. The Bertz CT molecular complexity index is 908. The summed E-state index contributed by atoms with van der Waals surface area (Å²) in [6.07, 6.45) is 0.971. The lowest BCUT2D eigenvalue weighted by Gasteiger charge is -2.21. The Morgan fingerprint density at radius 3 is 2.25 bits per heavy atom. The average Bonchev–Trinajstić information content (AvgIpc) is 3.23. The summed E-state index contributed by atoms with van der Waals surface area (Å²) in [4.78, 5) is 27.0. The number of hydrogen-bond acceptors (Lipinski definition) is 6. The van der Waals surface area contributed by atoms with Gasteiger partial charge in [-0.1, -0.05) is 36.4 Å². The number of fused-ring (bicyclic) bond motifs is 1. The van der Waals surface area contributed by atoms with Gasteiger partial charge in [0, 0.05) is 0 Å². The molecule has 0 aromatic heterocycles. The lowest BCUT2D eigenvalue weighted by molar-refractivity contribution is -0.123. The van der Waals surface area contributed by atoms with E-state index in [2.05, 4.69) is 29.4 Å². The van der Waals surface area contributed by atoms with Crippen LogP contribution in [-0.4, -0.2) is 35.5 Å². The summed E-state index contributed by atoms with van der Waals surface area (Å²) < 4.78 is 5.42. The maximum atomic E-state index is 13.0. The third-order valence-corrected chi connectivity index (χ3v) is 5.04. The number of amides is 2. The number of carbonyl (C=O) groups excluding carboxylic acids is 2. The van der Waals surface area contributed by atoms with Gasteiger partial charge in [-0.25, -0.2) is 4.90 Å². The van der Waals surface area contributed by atoms with E-state index in [1.54, 1.807) is 29.3 Å². The van der Waals surface area contributed by atoms with Gasteiger partial charge in [0.25, 0.3) is 11.8 Å². The van der Waals surface area contributed by atoms with Crippen LogP contribution in [0.25, 0.3) is 0 Å². The van der Waals surface area contributed by atoms with Crippen molar-refractivity contribution in [2.75, 3.05) is 11.5 Å². The number of anilines is 1. The fraction of sp³-hybridized carbons (Fsp3) is 0.333. The van der Waals surface area contributed by atoms with Crippen LogP contribution in [0.4, 0.5) is 5.69 Å². The Kier molecular flexibility index (Phi) is 4.81. The van der Waals surface area contributed by atoms with E-state index in [0.29, 0.717) is 24.6 Å². The maximum Gasteiger partial charge on any atom is 0.263 e. The van der Waals surface area contributed by atoms with Crippen LogP contribution in [-0.2, 0) is 22.6 Å². The van der Waals surface area contributed by atoms with Crippen LogP contribution in [0.15, 0.2) is 58.9 Å². The minimum Gasteiger partial charge on any atom is -0.494 e. The molecular weight excluding hydrogens is 356 g/mol. The Hall–Kier alpha value is -3.22. The first kappa shape index (κ1) is 18.2. The molecule has 2 unspecified atom stereocenters. The highest BCUT2D eigenvalue weighted by atomic mass is 16.5. The van der Waals surface area contributed by atoms with Gasteiger partial charge in [0.15, 0.2) is 12.1 Å². The van der Waals surface area contributed by atoms with Crippen molar-refractivity contribution in [1.82, 2.24) is 5.01 Å². The summed E-state index contributed by atoms with van der Waals surface area (Å²) in [6.45, 7) is 5.00. The molecule has 1 saturated heterocycles. The number of carbonyl (C=O) groups is 2.